The molecule has 2 nitrogen and oxygen atoms in total. The maximum absolute atomic E-state index is 9.37. The van der Waals surface area contributed by atoms with Gasteiger partial charge in [0.25, 0.3) is 0 Å². The van der Waals surface area contributed by atoms with Gasteiger partial charge in [-0.15, -0.1) is 0 Å². The second kappa shape index (κ2) is 8.31. The summed E-state index contributed by atoms with van der Waals surface area (Å²) in [6.07, 6.45) is 10.2. The van der Waals surface area contributed by atoms with E-state index in [1.165, 1.54) is 50.5 Å². The molecule has 112 valence electrons. The van der Waals surface area contributed by atoms with Crippen LogP contribution in [0.15, 0.2) is 18.2 Å². The first kappa shape index (κ1) is 15.4. The van der Waals surface area contributed by atoms with Crippen LogP contribution in [0.1, 0.15) is 63.0 Å². The van der Waals surface area contributed by atoms with Gasteiger partial charge in [-0.05, 0) is 54.9 Å². The lowest BCUT2D eigenvalue weighted by Gasteiger charge is -2.22. The molecule has 2 heteroatoms. The minimum absolute atomic E-state index is 0.0970. The van der Waals surface area contributed by atoms with Crippen molar-refractivity contribution in [3.05, 3.63) is 29.3 Å². The van der Waals surface area contributed by atoms with Gasteiger partial charge in [0, 0.05) is 0 Å². The molecule has 1 saturated carbocycles. The SMILES string of the molecule is CCCCc1cc(CO)cc(OCC2CCCCC2)c1. The standard InChI is InChI=1S/C18H28O2/c1-2-3-7-16-10-17(13-19)12-18(11-16)20-14-15-8-5-4-6-9-15/h10-12,15,19H,2-9,13-14H2,1H3. The molecule has 1 N–H and O–H groups in total. The van der Waals surface area contributed by atoms with Crippen molar-refractivity contribution in [1.82, 2.24) is 0 Å². The zero-order valence-corrected chi connectivity index (χ0v) is 12.7. The van der Waals surface area contributed by atoms with Gasteiger partial charge in [0.2, 0.25) is 0 Å². The molecule has 0 radical (unpaired) electrons. The lowest BCUT2D eigenvalue weighted by atomic mass is 9.90. The lowest BCUT2D eigenvalue weighted by Crippen LogP contribution is -2.15. The normalized spacial score (nSPS) is 16.3. The smallest absolute Gasteiger partial charge is 0.119 e. The Morgan fingerprint density at radius 3 is 2.55 bits per heavy atom. The molecule has 1 aliphatic rings. The highest BCUT2D eigenvalue weighted by molar-refractivity contribution is 5.34. The first-order valence-corrected chi connectivity index (χ1v) is 8.18. The number of aryl methyl sites for hydroxylation is 1. The summed E-state index contributed by atoms with van der Waals surface area (Å²) in [5, 5.41) is 9.37. The van der Waals surface area contributed by atoms with E-state index in [9.17, 15) is 5.11 Å². The third-order valence-electron chi connectivity index (χ3n) is 4.24. The van der Waals surface area contributed by atoms with Crippen LogP contribution in [0.25, 0.3) is 0 Å². The quantitative estimate of drug-likeness (QED) is 0.795. The maximum atomic E-state index is 9.37. The van der Waals surface area contributed by atoms with E-state index in [2.05, 4.69) is 19.1 Å². The molecule has 1 fully saturated rings. The van der Waals surface area contributed by atoms with Gasteiger partial charge in [-0.25, -0.2) is 0 Å². The molecular formula is C18H28O2. The van der Waals surface area contributed by atoms with E-state index in [1.807, 2.05) is 6.07 Å². The number of ether oxygens (including phenoxy) is 1. The van der Waals surface area contributed by atoms with Gasteiger partial charge >= 0.3 is 0 Å². The van der Waals surface area contributed by atoms with Crippen LogP contribution in [0.2, 0.25) is 0 Å². The fourth-order valence-corrected chi connectivity index (χ4v) is 3.00. The van der Waals surface area contributed by atoms with Gasteiger partial charge in [-0.1, -0.05) is 38.7 Å². The number of hydrogen-bond acceptors (Lipinski definition) is 2. The molecule has 0 unspecified atom stereocenters. The van der Waals surface area contributed by atoms with E-state index < -0.39 is 0 Å². The summed E-state index contributed by atoms with van der Waals surface area (Å²) in [4.78, 5) is 0. The Labute approximate surface area is 123 Å². The van der Waals surface area contributed by atoms with Gasteiger partial charge in [-0.2, -0.15) is 0 Å². The average Bonchev–Trinajstić information content (AvgIpc) is 2.51. The maximum Gasteiger partial charge on any atom is 0.119 e. The van der Waals surface area contributed by atoms with Crippen molar-refractivity contribution in [2.24, 2.45) is 5.92 Å². The fraction of sp³-hybridized carbons (Fsp3) is 0.667. The van der Waals surface area contributed by atoms with E-state index in [0.717, 1.165) is 30.3 Å². The number of unbranched alkanes of at least 4 members (excludes halogenated alkanes) is 1. The predicted octanol–water partition coefficient (Wildman–Crippen LogP) is 4.48. The predicted molar refractivity (Wildman–Crippen MR) is 83.0 cm³/mol. The molecule has 1 aliphatic carbocycles. The third kappa shape index (κ3) is 4.82. The molecular weight excluding hydrogens is 248 g/mol. The lowest BCUT2D eigenvalue weighted by molar-refractivity contribution is 0.208. The molecule has 0 heterocycles. The van der Waals surface area contributed by atoms with Crippen molar-refractivity contribution < 1.29 is 9.84 Å². The molecule has 20 heavy (non-hydrogen) atoms. The molecule has 0 aromatic heterocycles. The van der Waals surface area contributed by atoms with Crippen molar-refractivity contribution in [3.8, 4) is 5.75 Å². The first-order chi connectivity index (χ1) is 9.81. The van der Waals surface area contributed by atoms with E-state index in [4.69, 9.17) is 4.74 Å². The molecule has 0 spiro atoms. The average molecular weight is 276 g/mol. The Morgan fingerprint density at radius 2 is 1.85 bits per heavy atom. The van der Waals surface area contributed by atoms with Crippen molar-refractivity contribution >= 4 is 0 Å². The Balaban J connectivity index is 1.94. The van der Waals surface area contributed by atoms with Crippen LogP contribution >= 0.6 is 0 Å². The first-order valence-electron chi connectivity index (χ1n) is 8.18. The fourth-order valence-electron chi connectivity index (χ4n) is 3.00. The van der Waals surface area contributed by atoms with Crippen LogP contribution in [-0.2, 0) is 13.0 Å². The third-order valence-corrected chi connectivity index (χ3v) is 4.24. The highest BCUT2D eigenvalue weighted by atomic mass is 16.5. The summed E-state index contributed by atoms with van der Waals surface area (Å²) < 4.78 is 6.00. The molecule has 2 rings (SSSR count). The van der Waals surface area contributed by atoms with Crippen LogP contribution in [0.3, 0.4) is 0 Å². The van der Waals surface area contributed by atoms with Crippen LogP contribution in [0, 0.1) is 5.92 Å². The highest BCUT2D eigenvalue weighted by Crippen LogP contribution is 2.25. The number of hydrogen-bond donors (Lipinski definition) is 1. The van der Waals surface area contributed by atoms with E-state index in [-0.39, 0.29) is 6.61 Å². The Kier molecular flexibility index (Phi) is 6.38. The van der Waals surface area contributed by atoms with E-state index in [1.54, 1.807) is 0 Å². The second-order valence-electron chi connectivity index (χ2n) is 6.06. The zero-order valence-electron chi connectivity index (χ0n) is 12.7. The summed E-state index contributed by atoms with van der Waals surface area (Å²) in [5.74, 6) is 1.66. The number of benzene rings is 1. The molecule has 0 amide bonds. The highest BCUT2D eigenvalue weighted by Gasteiger charge is 2.14. The summed E-state index contributed by atoms with van der Waals surface area (Å²) in [5.41, 5.74) is 2.26. The molecule has 0 aliphatic heterocycles. The summed E-state index contributed by atoms with van der Waals surface area (Å²) >= 11 is 0. The molecule has 0 saturated heterocycles. The Bertz CT molecular complexity index is 394. The van der Waals surface area contributed by atoms with Crippen LogP contribution in [0.4, 0.5) is 0 Å². The van der Waals surface area contributed by atoms with E-state index >= 15 is 0 Å². The summed E-state index contributed by atoms with van der Waals surface area (Å²) in [6, 6.07) is 6.24. The van der Waals surface area contributed by atoms with Crippen LogP contribution in [-0.4, -0.2) is 11.7 Å². The van der Waals surface area contributed by atoms with Crippen LogP contribution < -0.4 is 4.74 Å². The topological polar surface area (TPSA) is 29.5 Å². The van der Waals surface area contributed by atoms with Crippen molar-refractivity contribution in [1.29, 1.82) is 0 Å². The number of rotatable bonds is 7. The van der Waals surface area contributed by atoms with Gasteiger partial charge < -0.3 is 9.84 Å². The van der Waals surface area contributed by atoms with Crippen molar-refractivity contribution in [3.63, 3.8) is 0 Å². The van der Waals surface area contributed by atoms with E-state index in [0.29, 0.717) is 0 Å². The second-order valence-corrected chi connectivity index (χ2v) is 6.06. The molecule has 0 atom stereocenters. The van der Waals surface area contributed by atoms with Gasteiger partial charge in [0.05, 0.1) is 13.2 Å². The minimum atomic E-state index is 0.0970. The molecule has 1 aromatic rings. The van der Waals surface area contributed by atoms with Crippen LogP contribution in [0.5, 0.6) is 5.75 Å². The largest absolute Gasteiger partial charge is 0.493 e. The van der Waals surface area contributed by atoms with Gasteiger partial charge in [-0.3, -0.25) is 0 Å². The molecule has 0 bridgehead atoms. The minimum Gasteiger partial charge on any atom is -0.493 e. The van der Waals surface area contributed by atoms with Crippen molar-refractivity contribution in [2.45, 2.75) is 64.9 Å². The summed E-state index contributed by atoms with van der Waals surface area (Å²) in [7, 11) is 0. The zero-order chi connectivity index (χ0) is 14.2. The Hall–Kier alpha value is -1.02. The summed E-state index contributed by atoms with van der Waals surface area (Å²) in [6.45, 7) is 3.14. The monoisotopic (exact) mass is 276 g/mol. The molecule has 1 aromatic carbocycles. The number of aliphatic hydroxyl groups is 1. The number of aliphatic hydroxyl groups excluding tert-OH is 1. The van der Waals surface area contributed by atoms with Gasteiger partial charge in [0.1, 0.15) is 5.75 Å². The van der Waals surface area contributed by atoms with Gasteiger partial charge in [0.15, 0.2) is 0 Å². The Morgan fingerprint density at radius 1 is 1.10 bits per heavy atom. The van der Waals surface area contributed by atoms with Crippen molar-refractivity contribution in [2.75, 3.05) is 6.61 Å².